The summed E-state index contributed by atoms with van der Waals surface area (Å²) in [5.41, 5.74) is 0. The molecule has 1 N–H and O–H groups in total. The molecule has 2 atom stereocenters. The van der Waals surface area contributed by atoms with Crippen molar-refractivity contribution < 1.29 is 0 Å². The summed E-state index contributed by atoms with van der Waals surface area (Å²) >= 11 is 0. The van der Waals surface area contributed by atoms with Crippen LogP contribution >= 0.6 is 0 Å². The lowest BCUT2D eigenvalue weighted by molar-refractivity contribution is 0.107. The Morgan fingerprint density at radius 1 is 1.15 bits per heavy atom. The third-order valence-corrected chi connectivity index (χ3v) is 3.49. The molecule has 2 fully saturated rings. The molecule has 0 aliphatic carbocycles. The van der Waals surface area contributed by atoms with E-state index in [1.807, 2.05) is 0 Å². The first kappa shape index (κ1) is 9.44. The predicted octanol–water partition coefficient (Wildman–Crippen LogP) is -0.0158. The smallest absolute Gasteiger partial charge is 0.0259 e. The van der Waals surface area contributed by atoms with Crippen LogP contribution in [0.25, 0.3) is 0 Å². The fourth-order valence-electron chi connectivity index (χ4n) is 2.50. The average Bonchev–Trinajstić information content (AvgIpc) is 2.53. The van der Waals surface area contributed by atoms with Crippen LogP contribution < -0.4 is 5.32 Å². The summed E-state index contributed by atoms with van der Waals surface area (Å²) in [6.45, 7) is 8.51. The summed E-state index contributed by atoms with van der Waals surface area (Å²) in [6, 6.07) is 1.50. The molecule has 2 unspecified atom stereocenters. The highest BCUT2D eigenvalue weighted by Crippen LogP contribution is 2.16. The maximum absolute atomic E-state index is 3.52. The van der Waals surface area contributed by atoms with Crippen molar-refractivity contribution in [3.63, 3.8) is 0 Å². The van der Waals surface area contributed by atoms with Crippen LogP contribution in [-0.2, 0) is 0 Å². The molecule has 0 aromatic rings. The second kappa shape index (κ2) is 3.95. The van der Waals surface area contributed by atoms with E-state index in [9.17, 15) is 0 Å². The van der Waals surface area contributed by atoms with Crippen LogP contribution in [0.2, 0.25) is 0 Å². The molecule has 2 aliphatic heterocycles. The molecule has 13 heavy (non-hydrogen) atoms. The Labute approximate surface area is 81.1 Å². The lowest BCUT2D eigenvalue weighted by Crippen LogP contribution is -2.51. The van der Waals surface area contributed by atoms with Crippen molar-refractivity contribution in [1.82, 2.24) is 15.1 Å². The first-order chi connectivity index (χ1) is 6.27. The van der Waals surface area contributed by atoms with Crippen molar-refractivity contribution in [2.75, 3.05) is 39.8 Å². The van der Waals surface area contributed by atoms with Crippen molar-refractivity contribution in [3.8, 4) is 0 Å². The van der Waals surface area contributed by atoms with Gasteiger partial charge < -0.3 is 10.2 Å². The van der Waals surface area contributed by atoms with Gasteiger partial charge in [0.05, 0.1) is 0 Å². The van der Waals surface area contributed by atoms with Crippen molar-refractivity contribution in [1.29, 1.82) is 0 Å². The molecule has 3 nitrogen and oxygen atoms in total. The molecule has 0 spiro atoms. The number of rotatable bonds is 1. The topological polar surface area (TPSA) is 18.5 Å². The highest BCUT2D eigenvalue weighted by molar-refractivity contribution is 4.89. The van der Waals surface area contributed by atoms with Crippen LogP contribution in [0.5, 0.6) is 0 Å². The Balaban J connectivity index is 1.86. The second-order valence-electron chi connectivity index (χ2n) is 4.44. The minimum Gasteiger partial charge on any atom is -0.313 e. The van der Waals surface area contributed by atoms with Crippen molar-refractivity contribution >= 4 is 0 Å². The lowest BCUT2D eigenvalue weighted by Gasteiger charge is -2.37. The minimum absolute atomic E-state index is 0.698. The molecule has 0 bridgehead atoms. The summed E-state index contributed by atoms with van der Waals surface area (Å²) in [7, 11) is 2.22. The van der Waals surface area contributed by atoms with Gasteiger partial charge in [-0.1, -0.05) is 0 Å². The van der Waals surface area contributed by atoms with E-state index in [1.54, 1.807) is 0 Å². The molecule has 0 radical (unpaired) electrons. The second-order valence-corrected chi connectivity index (χ2v) is 4.44. The number of nitrogens with one attached hydrogen (secondary N) is 1. The Morgan fingerprint density at radius 2 is 1.85 bits per heavy atom. The number of piperazine rings is 1. The quantitative estimate of drug-likeness (QED) is 0.616. The van der Waals surface area contributed by atoms with Gasteiger partial charge in [-0.15, -0.1) is 0 Å². The molecule has 2 saturated heterocycles. The fourth-order valence-corrected chi connectivity index (χ4v) is 2.50. The molecule has 2 aliphatic rings. The molecule has 2 rings (SSSR count). The summed E-state index contributed by atoms with van der Waals surface area (Å²) in [5, 5.41) is 3.52. The van der Waals surface area contributed by atoms with Crippen LogP contribution in [0.15, 0.2) is 0 Å². The Bertz CT molecular complexity index is 164. The summed E-state index contributed by atoms with van der Waals surface area (Å²) in [4.78, 5) is 5.08. The Kier molecular flexibility index (Phi) is 2.86. The Morgan fingerprint density at radius 3 is 2.38 bits per heavy atom. The normalized spacial score (nSPS) is 38.3. The van der Waals surface area contributed by atoms with E-state index in [0.717, 1.165) is 6.04 Å². The monoisotopic (exact) mass is 183 g/mol. The molecule has 2 heterocycles. The van der Waals surface area contributed by atoms with Gasteiger partial charge in [-0.3, -0.25) is 4.90 Å². The Hall–Kier alpha value is -0.120. The van der Waals surface area contributed by atoms with Gasteiger partial charge in [-0.25, -0.2) is 0 Å². The van der Waals surface area contributed by atoms with E-state index in [1.165, 1.54) is 39.1 Å². The number of hydrogen-bond acceptors (Lipinski definition) is 3. The fraction of sp³-hybridized carbons (Fsp3) is 1.00. The standard InChI is InChI=1S/C10H21N3/c1-9-10(3-4-11-9)13-7-5-12(2)6-8-13/h9-11H,3-8H2,1-2H3. The zero-order valence-electron chi connectivity index (χ0n) is 8.79. The van der Waals surface area contributed by atoms with E-state index in [2.05, 4.69) is 29.1 Å². The van der Waals surface area contributed by atoms with Gasteiger partial charge in [0.1, 0.15) is 0 Å². The zero-order chi connectivity index (χ0) is 9.26. The van der Waals surface area contributed by atoms with E-state index in [0.29, 0.717) is 6.04 Å². The minimum atomic E-state index is 0.698. The van der Waals surface area contributed by atoms with E-state index in [4.69, 9.17) is 0 Å². The van der Waals surface area contributed by atoms with Crippen molar-refractivity contribution in [3.05, 3.63) is 0 Å². The maximum atomic E-state index is 3.52. The molecule has 76 valence electrons. The third-order valence-electron chi connectivity index (χ3n) is 3.49. The van der Waals surface area contributed by atoms with Gasteiger partial charge in [0.15, 0.2) is 0 Å². The largest absolute Gasteiger partial charge is 0.313 e. The van der Waals surface area contributed by atoms with Crippen molar-refractivity contribution in [2.24, 2.45) is 0 Å². The summed E-state index contributed by atoms with van der Waals surface area (Å²) < 4.78 is 0. The van der Waals surface area contributed by atoms with Gasteiger partial charge in [-0.05, 0) is 26.9 Å². The van der Waals surface area contributed by atoms with E-state index in [-0.39, 0.29) is 0 Å². The van der Waals surface area contributed by atoms with Crippen LogP contribution in [0.3, 0.4) is 0 Å². The number of nitrogens with zero attached hydrogens (tertiary/aromatic N) is 2. The van der Waals surface area contributed by atoms with Crippen LogP contribution in [0.4, 0.5) is 0 Å². The highest BCUT2D eigenvalue weighted by Gasteiger charge is 2.29. The van der Waals surface area contributed by atoms with Crippen LogP contribution in [0.1, 0.15) is 13.3 Å². The first-order valence-corrected chi connectivity index (χ1v) is 5.43. The maximum Gasteiger partial charge on any atom is 0.0259 e. The molecule has 0 amide bonds. The van der Waals surface area contributed by atoms with Crippen molar-refractivity contribution in [2.45, 2.75) is 25.4 Å². The molecule has 0 aromatic heterocycles. The van der Waals surface area contributed by atoms with Crippen LogP contribution in [-0.4, -0.2) is 61.7 Å². The molecule has 0 saturated carbocycles. The van der Waals surface area contributed by atoms with Gasteiger partial charge >= 0.3 is 0 Å². The molecule has 3 heteroatoms. The SMILES string of the molecule is CC1NCCC1N1CCN(C)CC1. The highest BCUT2D eigenvalue weighted by atomic mass is 15.3. The lowest BCUT2D eigenvalue weighted by atomic mass is 10.1. The molecular formula is C10H21N3. The molecular weight excluding hydrogens is 162 g/mol. The van der Waals surface area contributed by atoms with Gasteiger partial charge in [0.25, 0.3) is 0 Å². The van der Waals surface area contributed by atoms with Crippen LogP contribution in [0, 0.1) is 0 Å². The zero-order valence-corrected chi connectivity index (χ0v) is 8.79. The van der Waals surface area contributed by atoms with E-state index < -0.39 is 0 Å². The average molecular weight is 183 g/mol. The third kappa shape index (κ3) is 2.03. The van der Waals surface area contributed by atoms with Gasteiger partial charge in [0.2, 0.25) is 0 Å². The van der Waals surface area contributed by atoms with Gasteiger partial charge in [0, 0.05) is 38.3 Å². The summed E-state index contributed by atoms with van der Waals surface area (Å²) in [5.74, 6) is 0. The number of likely N-dealkylation sites (N-methyl/N-ethyl adjacent to an activating group) is 1. The number of hydrogen-bond donors (Lipinski definition) is 1. The van der Waals surface area contributed by atoms with Gasteiger partial charge in [-0.2, -0.15) is 0 Å². The van der Waals surface area contributed by atoms with E-state index >= 15 is 0 Å². The summed E-state index contributed by atoms with van der Waals surface area (Å²) in [6.07, 6.45) is 1.34. The molecule has 0 aromatic carbocycles. The predicted molar refractivity (Wildman–Crippen MR) is 54.9 cm³/mol. The first-order valence-electron chi connectivity index (χ1n) is 5.43.